The number of aliphatic hydroxyl groups is 2. The SMILES string of the molecule is Cc1ncc(C(N)=S)c(N(CCO)CCO)n1. The van der Waals surface area contributed by atoms with Crippen molar-refractivity contribution in [3.8, 4) is 0 Å². The molecule has 0 spiro atoms. The van der Waals surface area contributed by atoms with E-state index in [2.05, 4.69) is 9.97 Å². The fourth-order valence-corrected chi connectivity index (χ4v) is 1.58. The van der Waals surface area contributed by atoms with Gasteiger partial charge in [0.05, 0.1) is 18.8 Å². The lowest BCUT2D eigenvalue weighted by molar-refractivity contribution is 0.280. The van der Waals surface area contributed by atoms with Crippen LogP contribution < -0.4 is 10.6 Å². The summed E-state index contributed by atoms with van der Waals surface area (Å²) in [5.41, 5.74) is 6.14. The highest BCUT2D eigenvalue weighted by atomic mass is 32.1. The van der Waals surface area contributed by atoms with E-state index in [-0.39, 0.29) is 18.2 Å². The van der Waals surface area contributed by atoms with Crippen LogP contribution in [0.3, 0.4) is 0 Å². The lowest BCUT2D eigenvalue weighted by atomic mass is 10.2. The Kier molecular flexibility index (Phi) is 5.20. The van der Waals surface area contributed by atoms with Gasteiger partial charge < -0.3 is 20.8 Å². The van der Waals surface area contributed by atoms with Crippen molar-refractivity contribution in [3.05, 3.63) is 17.6 Å². The third-order valence-corrected chi connectivity index (χ3v) is 2.41. The van der Waals surface area contributed by atoms with E-state index in [1.807, 2.05) is 0 Å². The van der Waals surface area contributed by atoms with Crippen LogP contribution in [0.2, 0.25) is 0 Å². The molecule has 0 bridgehead atoms. The first kappa shape index (κ1) is 13.8. The first-order chi connectivity index (χ1) is 8.10. The van der Waals surface area contributed by atoms with E-state index in [4.69, 9.17) is 28.2 Å². The first-order valence-corrected chi connectivity index (χ1v) is 5.61. The molecule has 1 aromatic rings. The Hall–Kier alpha value is -1.31. The Morgan fingerprint density at radius 1 is 1.41 bits per heavy atom. The van der Waals surface area contributed by atoms with Crippen LogP contribution in [-0.4, -0.2) is 51.5 Å². The monoisotopic (exact) mass is 256 g/mol. The lowest BCUT2D eigenvalue weighted by Gasteiger charge is -2.24. The van der Waals surface area contributed by atoms with E-state index in [1.165, 1.54) is 0 Å². The highest BCUT2D eigenvalue weighted by molar-refractivity contribution is 7.80. The first-order valence-electron chi connectivity index (χ1n) is 5.20. The second-order valence-electron chi connectivity index (χ2n) is 3.45. The van der Waals surface area contributed by atoms with Gasteiger partial charge in [-0.15, -0.1) is 0 Å². The van der Waals surface area contributed by atoms with Gasteiger partial charge >= 0.3 is 0 Å². The maximum Gasteiger partial charge on any atom is 0.142 e. The molecule has 1 aromatic heterocycles. The summed E-state index contributed by atoms with van der Waals surface area (Å²) in [4.78, 5) is 10.2. The van der Waals surface area contributed by atoms with E-state index < -0.39 is 0 Å². The summed E-state index contributed by atoms with van der Waals surface area (Å²) in [6, 6.07) is 0. The predicted octanol–water partition coefficient (Wildman–Crippen LogP) is -0.790. The molecule has 0 saturated heterocycles. The number of nitrogens with two attached hydrogens (primary N) is 1. The fourth-order valence-electron chi connectivity index (χ4n) is 1.44. The molecule has 0 aromatic carbocycles. The van der Waals surface area contributed by atoms with Crippen molar-refractivity contribution in [1.29, 1.82) is 0 Å². The van der Waals surface area contributed by atoms with Crippen molar-refractivity contribution in [3.63, 3.8) is 0 Å². The zero-order valence-corrected chi connectivity index (χ0v) is 10.4. The molecule has 0 unspecified atom stereocenters. The molecule has 4 N–H and O–H groups in total. The Morgan fingerprint density at radius 2 is 2.00 bits per heavy atom. The van der Waals surface area contributed by atoms with Crippen molar-refractivity contribution in [2.24, 2.45) is 5.73 Å². The number of nitrogens with zero attached hydrogens (tertiary/aromatic N) is 3. The Morgan fingerprint density at radius 3 is 2.47 bits per heavy atom. The lowest BCUT2D eigenvalue weighted by Crippen LogP contribution is -2.33. The van der Waals surface area contributed by atoms with E-state index in [0.29, 0.717) is 30.3 Å². The summed E-state index contributed by atoms with van der Waals surface area (Å²) in [6.07, 6.45) is 1.56. The number of rotatable bonds is 6. The number of hydrogen-bond donors (Lipinski definition) is 3. The van der Waals surface area contributed by atoms with Gasteiger partial charge in [0.2, 0.25) is 0 Å². The normalized spacial score (nSPS) is 10.3. The summed E-state index contributed by atoms with van der Waals surface area (Å²) in [5.74, 6) is 1.13. The van der Waals surface area contributed by atoms with Crippen LogP contribution >= 0.6 is 12.2 Å². The van der Waals surface area contributed by atoms with Gasteiger partial charge in [-0.05, 0) is 6.92 Å². The van der Waals surface area contributed by atoms with Crippen molar-refractivity contribution in [2.75, 3.05) is 31.2 Å². The third kappa shape index (κ3) is 3.58. The van der Waals surface area contributed by atoms with Crippen molar-refractivity contribution in [2.45, 2.75) is 6.92 Å². The van der Waals surface area contributed by atoms with Gasteiger partial charge in [0.1, 0.15) is 16.6 Å². The molecule has 0 aliphatic heterocycles. The van der Waals surface area contributed by atoms with Crippen LogP contribution in [0, 0.1) is 6.92 Å². The van der Waals surface area contributed by atoms with Gasteiger partial charge in [-0.25, -0.2) is 9.97 Å². The van der Waals surface area contributed by atoms with Gasteiger partial charge in [-0.3, -0.25) is 0 Å². The number of thiocarbonyl (C=S) groups is 1. The molecule has 0 fully saturated rings. The van der Waals surface area contributed by atoms with Crippen molar-refractivity contribution in [1.82, 2.24) is 9.97 Å². The Labute approximate surface area is 105 Å². The number of hydrogen-bond acceptors (Lipinski definition) is 6. The minimum absolute atomic E-state index is 0.0418. The molecule has 1 rings (SSSR count). The van der Waals surface area contributed by atoms with E-state index >= 15 is 0 Å². The molecule has 0 aliphatic rings. The molecule has 0 radical (unpaired) electrons. The second-order valence-corrected chi connectivity index (χ2v) is 3.89. The van der Waals surface area contributed by atoms with Crippen LogP contribution in [-0.2, 0) is 0 Å². The van der Waals surface area contributed by atoms with Gasteiger partial charge in [-0.2, -0.15) is 0 Å². The molecule has 0 aliphatic carbocycles. The van der Waals surface area contributed by atoms with E-state index in [0.717, 1.165) is 0 Å². The number of anilines is 1. The fraction of sp³-hybridized carbons (Fsp3) is 0.500. The molecule has 17 heavy (non-hydrogen) atoms. The molecule has 0 amide bonds. The third-order valence-electron chi connectivity index (χ3n) is 2.19. The molecular formula is C10H16N4O2S. The van der Waals surface area contributed by atoms with Gasteiger partial charge in [0, 0.05) is 19.3 Å². The molecule has 7 heteroatoms. The smallest absolute Gasteiger partial charge is 0.142 e. The zero-order chi connectivity index (χ0) is 12.8. The largest absolute Gasteiger partial charge is 0.395 e. The maximum absolute atomic E-state index is 8.99. The summed E-state index contributed by atoms with van der Waals surface area (Å²) in [5, 5.41) is 18.0. The minimum Gasteiger partial charge on any atom is -0.395 e. The van der Waals surface area contributed by atoms with Crippen molar-refractivity contribution < 1.29 is 10.2 Å². The quantitative estimate of drug-likeness (QED) is 0.574. The highest BCUT2D eigenvalue weighted by Crippen LogP contribution is 2.16. The number of aliphatic hydroxyl groups excluding tert-OH is 2. The van der Waals surface area contributed by atoms with Crippen LogP contribution in [0.4, 0.5) is 5.82 Å². The molecule has 94 valence electrons. The summed E-state index contributed by atoms with van der Waals surface area (Å²) in [6.45, 7) is 2.38. The molecule has 0 atom stereocenters. The highest BCUT2D eigenvalue weighted by Gasteiger charge is 2.15. The predicted molar refractivity (Wildman–Crippen MR) is 69.0 cm³/mol. The van der Waals surface area contributed by atoms with E-state index in [1.54, 1.807) is 18.0 Å². The maximum atomic E-state index is 8.99. The van der Waals surface area contributed by atoms with Crippen LogP contribution in [0.5, 0.6) is 0 Å². The zero-order valence-electron chi connectivity index (χ0n) is 9.63. The molecule has 6 nitrogen and oxygen atoms in total. The summed E-state index contributed by atoms with van der Waals surface area (Å²) >= 11 is 4.93. The Bertz CT molecular complexity index is 394. The topological polar surface area (TPSA) is 95.5 Å². The number of aryl methyl sites for hydroxylation is 1. The van der Waals surface area contributed by atoms with Crippen LogP contribution in [0.25, 0.3) is 0 Å². The number of aromatic nitrogens is 2. The molecule has 1 heterocycles. The summed E-state index contributed by atoms with van der Waals surface area (Å²) in [7, 11) is 0. The van der Waals surface area contributed by atoms with Gasteiger partial charge in [-0.1, -0.05) is 12.2 Å². The Balaban J connectivity index is 3.14. The minimum atomic E-state index is -0.0418. The van der Waals surface area contributed by atoms with Crippen molar-refractivity contribution >= 4 is 23.0 Å². The molecular weight excluding hydrogens is 240 g/mol. The van der Waals surface area contributed by atoms with Crippen LogP contribution in [0.1, 0.15) is 11.4 Å². The average molecular weight is 256 g/mol. The second kappa shape index (κ2) is 6.43. The van der Waals surface area contributed by atoms with Gasteiger partial charge in [0.15, 0.2) is 0 Å². The van der Waals surface area contributed by atoms with Gasteiger partial charge in [0.25, 0.3) is 0 Å². The average Bonchev–Trinajstić information content (AvgIpc) is 2.28. The van der Waals surface area contributed by atoms with Crippen LogP contribution in [0.15, 0.2) is 6.20 Å². The summed E-state index contributed by atoms with van der Waals surface area (Å²) < 4.78 is 0. The van der Waals surface area contributed by atoms with E-state index in [9.17, 15) is 0 Å². The molecule has 0 saturated carbocycles. The standard InChI is InChI=1S/C10H16N4O2S/c1-7-12-6-8(9(11)17)10(13-7)14(2-4-15)3-5-16/h6,15-16H,2-5H2,1H3,(H2,11,17).